The highest BCUT2D eigenvalue weighted by atomic mass is 19.1. The zero-order chi connectivity index (χ0) is 17.6. The van der Waals surface area contributed by atoms with Gasteiger partial charge in [-0.25, -0.2) is 4.39 Å². The first-order chi connectivity index (χ1) is 12.2. The molecular weight excluding hydrogens is 319 g/mol. The number of aromatic nitrogens is 1. The first kappa shape index (κ1) is 17.2. The van der Waals surface area contributed by atoms with Crippen LogP contribution >= 0.6 is 0 Å². The lowest BCUT2D eigenvalue weighted by atomic mass is 10.0. The zero-order valence-corrected chi connectivity index (χ0v) is 13.9. The van der Waals surface area contributed by atoms with Gasteiger partial charge in [0, 0.05) is 36.2 Å². The Kier molecular flexibility index (Phi) is 5.46. The molecule has 130 valence electrons. The van der Waals surface area contributed by atoms with Gasteiger partial charge in [-0.3, -0.25) is 4.79 Å². The number of rotatable bonds is 7. The number of carbonyl (C=O) groups excluding carboxylic acids is 1. The van der Waals surface area contributed by atoms with E-state index in [0.717, 1.165) is 27.7 Å². The lowest BCUT2D eigenvalue weighted by molar-refractivity contribution is -0.121. The summed E-state index contributed by atoms with van der Waals surface area (Å²) in [5.41, 5.74) is 3.73. The van der Waals surface area contributed by atoms with E-state index in [2.05, 4.69) is 10.3 Å². The lowest BCUT2D eigenvalue weighted by Gasteiger charge is -2.07. The number of aliphatic hydroxyl groups excluding tert-OH is 1. The van der Waals surface area contributed by atoms with Gasteiger partial charge in [-0.05, 0) is 42.2 Å². The Morgan fingerprint density at radius 3 is 2.72 bits per heavy atom. The summed E-state index contributed by atoms with van der Waals surface area (Å²) in [6.07, 6.45) is 1.37. The fraction of sp³-hybridized carbons (Fsp3) is 0.250. The fourth-order valence-corrected chi connectivity index (χ4v) is 2.96. The number of benzene rings is 2. The van der Waals surface area contributed by atoms with Crippen molar-refractivity contribution in [2.75, 3.05) is 13.2 Å². The summed E-state index contributed by atoms with van der Waals surface area (Å²) in [4.78, 5) is 15.3. The molecule has 0 bridgehead atoms. The average Bonchev–Trinajstić information content (AvgIpc) is 2.98. The molecule has 0 saturated carbocycles. The Bertz CT molecular complexity index is 859. The number of aryl methyl sites for hydroxylation is 1. The topological polar surface area (TPSA) is 65.1 Å². The Hall–Kier alpha value is -2.66. The Morgan fingerprint density at radius 2 is 1.96 bits per heavy atom. The van der Waals surface area contributed by atoms with E-state index < -0.39 is 0 Å². The Labute approximate surface area is 145 Å². The van der Waals surface area contributed by atoms with Gasteiger partial charge in [-0.15, -0.1) is 0 Å². The number of fused-ring (bicyclic) bond motifs is 1. The van der Waals surface area contributed by atoms with Gasteiger partial charge in [0.25, 0.3) is 0 Å². The van der Waals surface area contributed by atoms with Crippen LogP contribution in [0.1, 0.15) is 18.4 Å². The van der Waals surface area contributed by atoms with Gasteiger partial charge in [-0.2, -0.15) is 0 Å². The quantitative estimate of drug-likeness (QED) is 0.577. The van der Waals surface area contributed by atoms with Gasteiger partial charge in [0.2, 0.25) is 5.91 Å². The molecule has 0 unspecified atom stereocenters. The third-order valence-electron chi connectivity index (χ3n) is 4.19. The molecule has 4 nitrogen and oxygen atoms in total. The molecule has 0 spiro atoms. The van der Waals surface area contributed by atoms with Crippen LogP contribution in [0, 0.1) is 5.82 Å². The van der Waals surface area contributed by atoms with Crippen LogP contribution in [-0.4, -0.2) is 29.1 Å². The number of hydrogen-bond acceptors (Lipinski definition) is 2. The molecule has 1 heterocycles. The molecule has 3 aromatic rings. The van der Waals surface area contributed by atoms with Crippen LogP contribution in [-0.2, 0) is 11.2 Å². The van der Waals surface area contributed by atoms with Crippen LogP contribution in [0.2, 0.25) is 0 Å². The minimum Gasteiger partial charge on any atom is -0.396 e. The molecule has 3 rings (SSSR count). The standard InChI is InChI=1S/C20H21FN2O2/c21-15-7-9-18-17(13-15)16(8-10-19(25)22-11-4-12-24)20(23-18)14-5-2-1-3-6-14/h1-3,5-7,9,13,23-24H,4,8,10-12H2,(H,22,25). The minimum atomic E-state index is -0.292. The van der Waals surface area contributed by atoms with E-state index in [4.69, 9.17) is 5.11 Å². The molecular formula is C20H21FN2O2. The van der Waals surface area contributed by atoms with E-state index in [1.54, 1.807) is 6.07 Å². The summed E-state index contributed by atoms with van der Waals surface area (Å²) in [5.74, 6) is -0.363. The highest BCUT2D eigenvalue weighted by Gasteiger charge is 2.15. The minimum absolute atomic E-state index is 0.0557. The number of nitrogens with one attached hydrogen (secondary N) is 2. The van der Waals surface area contributed by atoms with E-state index >= 15 is 0 Å². The van der Waals surface area contributed by atoms with Crippen LogP contribution in [0.3, 0.4) is 0 Å². The maximum absolute atomic E-state index is 13.7. The van der Waals surface area contributed by atoms with Crippen molar-refractivity contribution in [1.82, 2.24) is 10.3 Å². The zero-order valence-electron chi connectivity index (χ0n) is 13.9. The van der Waals surface area contributed by atoms with Crippen molar-refractivity contribution in [3.63, 3.8) is 0 Å². The van der Waals surface area contributed by atoms with Crippen molar-refractivity contribution >= 4 is 16.8 Å². The summed E-state index contributed by atoms with van der Waals surface area (Å²) in [5, 5.41) is 12.4. The molecule has 25 heavy (non-hydrogen) atoms. The van der Waals surface area contributed by atoms with Crippen LogP contribution in [0.15, 0.2) is 48.5 Å². The van der Waals surface area contributed by atoms with Crippen molar-refractivity contribution in [3.8, 4) is 11.3 Å². The second-order valence-electron chi connectivity index (χ2n) is 5.96. The van der Waals surface area contributed by atoms with E-state index in [0.29, 0.717) is 25.8 Å². The number of H-pyrrole nitrogens is 1. The maximum atomic E-state index is 13.7. The molecule has 0 aliphatic rings. The predicted molar refractivity (Wildman–Crippen MR) is 96.7 cm³/mol. The van der Waals surface area contributed by atoms with Crippen molar-refractivity contribution in [1.29, 1.82) is 0 Å². The Balaban J connectivity index is 1.89. The first-order valence-electron chi connectivity index (χ1n) is 8.42. The molecule has 1 aromatic heterocycles. The maximum Gasteiger partial charge on any atom is 0.220 e. The number of hydrogen-bond donors (Lipinski definition) is 3. The lowest BCUT2D eigenvalue weighted by Crippen LogP contribution is -2.25. The molecule has 0 aliphatic carbocycles. The van der Waals surface area contributed by atoms with Crippen molar-refractivity contribution < 1.29 is 14.3 Å². The molecule has 3 N–H and O–H groups in total. The molecule has 0 radical (unpaired) electrons. The number of aliphatic hydroxyl groups is 1. The van der Waals surface area contributed by atoms with Gasteiger partial charge in [0.15, 0.2) is 0 Å². The van der Waals surface area contributed by atoms with Crippen LogP contribution < -0.4 is 5.32 Å². The highest BCUT2D eigenvalue weighted by molar-refractivity contribution is 5.91. The predicted octanol–water partition coefficient (Wildman–Crippen LogP) is 3.41. The second-order valence-corrected chi connectivity index (χ2v) is 5.96. The number of carbonyl (C=O) groups is 1. The summed E-state index contributed by atoms with van der Waals surface area (Å²) in [6.45, 7) is 0.517. The molecule has 2 aromatic carbocycles. The van der Waals surface area contributed by atoms with Crippen LogP contribution in [0.25, 0.3) is 22.2 Å². The molecule has 1 amide bonds. The molecule has 0 saturated heterocycles. The van der Waals surface area contributed by atoms with Gasteiger partial charge in [0.05, 0.1) is 0 Å². The summed E-state index contributed by atoms with van der Waals surface area (Å²) in [6, 6.07) is 14.5. The number of halogens is 1. The van der Waals surface area contributed by atoms with E-state index in [9.17, 15) is 9.18 Å². The molecule has 5 heteroatoms. The first-order valence-corrected chi connectivity index (χ1v) is 8.42. The second kappa shape index (κ2) is 7.94. The molecule has 0 aliphatic heterocycles. The summed E-state index contributed by atoms with van der Waals surface area (Å²) in [7, 11) is 0. The van der Waals surface area contributed by atoms with E-state index in [-0.39, 0.29) is 18.3 Å². The average molecular weight is 340 g/mol. The van der Waals surface area contributed by atoms with E-state index in [1.807, 2.05) is 30.3 Å². The summed E-state index contributed by atoms with van der Waals surface area (Å²) < 4.78 is 13.7. The van der Waals surface area contributed by atoms with Crippen LogP contribution in [0.4, 0.5) is 4.39 Å². The summed E-state index contributed by atoms with van der Waals surface area (Å²) >= 11 is 0. The molecule has 0 fully saturated rings. The SMILES string of the molecule is O=C(CCc1c(-c2ccccc2)[nH]c2ccc(F)cc12)NCCCO. The fourth-order valence-electron chi connectivity index (χ4n) is 2.96. The number of aromatic amines is 1. The van der Waals surface area contributed by atoms with Crippen LogP contribution in [0.5, 0.6) is 0 Å². The molecule has 0 atom stereocenters. The van der Waals surface area contributed by atoms with Crippen molar-refractivity contribution in [2.24, 2.45) is 0 Å². The third kappa shape index (κ3) is 4.06. The largest absolute Gasteiger partial charge is 0.396 e. The van der Waals surface area contributed by atoms with Gasteiger partial charge < -0.3 is 15.4 Å². The number of amides is 1. The van der Waals surface area contributed by atoms with Crippen molar-refractivity contribution in [2.45, 2.75) is 19.3 Å². The smallest absolute Gasteiger partial charge is 0.220 e. The third-order valence-corrected chi connectivity index (χ3v) is 4.19. The van der Waals surface area contributed by atoms with Gasteiger partial charge in [0.1, 0.15) is 5.82 Å². The van der Waals surface area contributed by atoms with Gasteiger partial charge >= 0.3 is 0 Å². The highest BCUT2D eigenvalue weighted by Crippen LogP contribution is 2.31. The normalized spacial score (nSPS) is 11.0. The van der Waals surface area contributed by atoms with E-state index in [1.165, 1.54) is 12.1 Å². The Morgan fingerprint density at radius 1 is 1.16 bits per heavy atom. The monoisotopic (exact) mass is 340 g/mol. The van der Waals surface area contributed by atoms with Crippen molar-refractivity contribution in [3.05, 3.63) is 59.9 Å². The van der Waals surface area contributed by atoms with Gasteiger partial charge in [-0.1, -0.05) is 30.3 Å².